The molecule has 0 radical (unpaired) electrons. The van der Waals surface area contributed by atoms with Gasteiger partial charge in [-0.05, 0) is 31.9 Å². The van der Waals surface area contributed by atoms with Crippen LogP contribution in [0.1, 0.15) is 32.6 Å². The Morgan fingerprint density at radius 2 is 2.42 bits per heavy atom. The van der Waals surface area contributed by atoms with E-state index < -0.39 is 5.60 Å². The average molecular weight is 289 g/mol. The molecule has 2 saturated heterocycles. The molecule has 1 spiro atoms. The molecule has 0 aromatic carbocycles. The van der Waals surface area contributed by atoms with Crippen molar-refractivity contribution in [2.45, 2.75) is 49.9 Å². The van der Waals surface area contributed by atoms with Crippen LogP contribution in [0.25, 0.3) is 0 Å². The zero-order chi connectivity index (χ0) is 13.8. The maximum absolute atomic E-state index is 10.3. The van der Waals surface area contributed by atoms with E-state index in [0.717, 1.165) is 25.2 Å². The SMILES string of the molecule is COCCC(C)(O)CNC1CCOC2(CCSC2)C1. The van der Waals surface area contributed by atoms with Crippen LogP contribution in [-0.2, 0) is 9.47 Å². The van der Waals surface area contributed by atoms with E-state index in [2.05, 4.69) is 5.32 Å². The van der Waals surface area contributed by atoms with E-state index in [1.54, 1.807) is 7.11 Å². The fourth-order valence-electron chi connectivity index (χ4n) is 2.84. The molecule has 0 aliphatic carbocycles. The Hall–Kier alpha value is 0.190. The first-order chi connectivity index (χ1) is 9.05. The predicted molar refractivity (Wildman–Crippen MR) is 78.8 cm³/mol. The Morgan fingerprint density at radius 3 is 3.11 bits per heavy atom. The smallest absolute Gasteiger partial charge is 0.0795 e. The lowest BCUT2D eigenvalue weighted by Crippen LogP contribution is -2.50. The summed E-state index contributed by atoms with van der Waals surface area (Å²) in [4.78, 5) is 0. The molecule has 2 heterocycles. The molecule has 0 aromatic rings. The van der Waals surface area contributed by atoms with Gasteiger partial charge in [0.25, 0.3) is 0 Å². The van der Waals surface area contributed by atoms with Crippen molar-refractivity contribution in [2.75, 3.05) is 38.4 Å². The second-order valence-electron chi connectivity index (χ2n) is 6.14. The second-order valence-corrected chi connectivity index (χ2v) is 7.25. The van der Waals surface area contributed by atoms with E-state index >= 15 is 0 Å². The summed E-state index contributed by atoms with van der Waals surface area (Å²) < 4.78 is 11.0. The third-order valence-corrected chi connectivity index (χ3v) is 5.40. The first kappa shape index (κ1) is 15.6. The molecular weight excluding hydrogens is 262 g/mol. The Kier molecular flexibility index (Phi) is 5.55. The van der Waals surface area contributed by atoms with Gasteiger partial charge >= 0.3 is 0 Å². The second kappa shape index (κ2) is 6.76. The van der Waals surface area contributed by atoms with Crippen molar-refractivity contribution in [3.8, 4) is 0 Å². The molecule has 19 heavy (non-hydrogen) atoms. The van der Waals surface area contributed by atoms with Gasteiger partial charge in [0.1, 0.15) is 0 Å². The normalized spacial score (nSPS) is 34.6. The lowest BCUT2D eigenvalue weighted by molar-refractivity contribution is -0.0733. The molecule has 4 nitrogen and oxygen atoms in total. The van der Waals surface area contributed by atoms with E-state index in [4.69, 9.17) is 9.47 Å². The molecule has 112 valence electrons. The predicted octanol–water partition coefficient (Wildman–Crippen LogP) is 1.42. The number of rotatable bonds is 6. The number of hydrogen-bond donors (Lipinski definition) is 2. The van der Waals surface area contributed by atoms with Gasteiger partial charge in [0.2, 0.25) is 0 Å². The fourth-order valence-corrected chi connectivity index (χ4v) is 4.22. The highest BCUT2D eigenvalue weighted by Crippen LogP contribution is 2.38. The zero-order valence-electron chi connectivity index (χ0n) is 12.1. The lowest BCUT2D eigenvalue weighted by atomic mass is 9.89. The van der Waals surface area contributed by atoms with Gasteiger partial charge in [0.15, 0.2) is 0 Å². The highest BCUT2D eigenvalue weighted by atomic mass is 32.2. The summed E-state index contributed by atoms with van der Waals surface area (Å²) in [6, 6.07) is 0.474. The molecule has 0 bridgehead atoms. The Morgan fingerprint density at radius 1 is 1.58 bits per heavy atom. The third kappa shape index (κ3) is 4.60. The molecule has 0 saturated carbocycles. The van der Waals surface area contributed by atoms with Crippen molar-refractivity contribution in [3.63, 3.8) is 0 Å². The number of hydrogen-bond acceptors (Lipinski definition) is 5. The minimum Gasteiger partial charge on any atom is -0.389 e. The van der Waals surface area contributed by atoms with Gasteiger partial charge in [0.05, 0.1) is 11.2 Å². The number of methoxy groups -OCH3 is 1. The maximum atomic E-state index is 10.3. The highest BCUT2D eigenvalue weighted by Gasteiger charge is 2.40. The molecule has 0 aromatic heterocycles. The number of nitrogens with one attached hydrogen (secondary N) is 1. The lowest BCUT2D eigenvalue weighted by Gasteiger charge is -2.39. The van der Waals surface area contributed by atoms with E-state index in [-0.39, 0.29) is 5.60 Å². The van der Waals surface area contributed by atoms with Crippen LogP contribution in [-0.4, -0.2) is 60.7 Å². The van der Waals surface area contributed by atoms with E-state index in [1.165, 1.54) is 12.2 Å². The van der Waals surface area contributed by atoms with Gasteiger partial charge in [-0.3, -0.25) is 0 Å². The Labute approximate surface area is 120 Å². The maximum Gasteiger partial charge on any atom is 0.0795 e. The number of thioether (sulfide) groups is 1. The molecule has 2 aliphatic heterocycles. The van der Waals surface area contributed by atoms with Gasteiger partial charge in [-0.1, -0.05) is 0 Å². The molecule has 3 unspecified atom stereocenters. The van der Waals surface area contributed by atoms with Gasteiger partial charge in [-0.2, -0.15) is 11.8 Å². The number of ether oxygens (including phenoxy) is 2. The van der Waals surface area contributed by atoms with Gasteiger partial charge in [-0.15, -0.1) is 0 Å². The minimum absolute atomic E-state index is 0.110. The quantitative estimate of drug-likeness (QED) is 0.774. The number of aliphatic hydroxyl groups is 1. The fraction of sp³-hybridized carbons (Fsp3) is 1.00. The molecule has 2 aliphatic rings. The van der Waals surface area contributed by atoms with E-state index in [9.17, 15) is 5.11 Å². The van der Waals surface area contributed by atoms with Crippen molar-refractivity contribution >= 4 is 11.8 Å². The Bertz CT molecular complexity index is 280. The molecule has 2 rings (SSSR count). The average Bonchev–Trinajstić information content (AvgIpc) is 2.82. The first-order valence-corrected chi connectivity index (χ1v) is 8.37. The molecule has 0 amide bonds. The van der Waals surface area contributed by atoms with Crippen LogP contribution in [0.15, 0.2) is 0 Å². The van der Waals surface area contributed by atoms with Gasteiger partial charge < -0.3 is 19.9 Å². The van der Waals surface area contributed by atoms with Gasteiger partial charge in [0, 0.05) is 45.1 Å². The van der Waals surface area contributed by atoms with Crippen molar-refractivity contribution in [1.29, 1.82) is 0 Å². The van der Waals surface area contributed by atoms with Crippen molar-refractivity contribution in [2.24, 2.45) is 0 Å². The van der Waals surface area contributed by atoms with E-state index in [0.29, 0.717) is 25.6 Å². The molecule has 2 N–H and O–H groups in total. The largest absolute Gasteiger partial charge is 0.389 e. The van der Waals surface area contributed by atoms with E-state index in [1.807, 2.05) is 18.7 Å². The minimum atomic E-state index is -0.689. The standard InChI is InChI=1S/C14H27NO3S/c1-13(16,4-7-17-2)10-15-12-3-6-18-14(9-12)5-8-19-11-14/h12,15-16H,3-11H2,1-2H3. The van der Waals surface area contributed by atoms with Crippen LogP contribution < -0.4 is 5.32 Å². The van der Waals surface area contributed by atoms with Crippen LogP contribution in [0, 0.1) is 0 Å². The molecular formula is C14H27NO3S. The van der Waals surface area contributed by atoms with Crippen LogP contribution >= 0.6 is 11.8 Å². The summed E-state index contributed by atoms with van der Waals surface area (Å²) in [6.45, 7) is 3.95. The van der Waals surface area contributed by atoms with Crippen LogP contribution in [0.5, 0.6) is 0 Å². The van der Waals surface area contributed by atoms with Crippen molar-refractivity contribution in [1.82, 2.24) is 5.32 Å². The van der Waals surface area contributed by atoms with Crippen LogP contribution in [0.4, 0.5) is 0 Å². The molecule has 2 fully saturated rings. The van der Waals surface area contributed by atoms with Crippen LogP contribution in [0.3, 0.4) is 0 Å². The van der Waals surface area contributed by atoms with Crippen molar-refractivity contribution in [3.05, 3.63) is 0 Å². The monoisotopic (exact) mass is 289 g/mol. The molecule has 5 heteroatoms. The summed E-state index contributed by atoms with van der Waals surface area (Å²) in [7, 11) is 1.67. The summed E-state index contributed by atoms with van der Waals surface area (Å²) in [5.41, 5.74) is -0.578. The first-order valence-electron chi connectivity index (χ1n) is 7.22. The zero-order valence-corrected chi connectivity index (χ0v) is 12.9. The summed E-state index contributed by atoms with van der Waals surface area (Å²) in [5.74, 6) is 2.35. The topological polar surface area (TPSA) is 50.7 Å². The molecule has 3 atom stereocenters. The third-order valence-electron chi connectivity index (χ3n) is 4.18. The summed E-state index contributed by atoms with van der Waals surface area (Å²) in [5, 5.41) is 13.8. The Balaban J connectivity index is 1.76. The van der Waals surface area contributed by atoms with Crippen molar-refractivity contribution < 1.29 is 14.6 Å². The summed E-state index contributed by atoms with van der Waals surface area (Å²) >= 11 is 2.00. The van der Waals surface area contributed by atoms with Crippen LogP contribution in [0.2, 0.25) is 0 Å². The highest BCUT2D eigenvalue weighted by molar-refractivity contribution is 7.99. The van der Waals surface area contributed by atoms with Gasteiger partial charge in [-0.25, -0.2) is 0 Å². The summed E-state index contributed by atoms with van der Waals surface area (Å²) in [6.07, 6.45) is 3.98.